The fraction of sp³-hybridized carbons (Fsp3) is 0.211. The third-order valence-electron chi connectivity index (χ3n) is 3.70. The summed E-state index contributed by atoms with van der Waals surface area (Å²) >= 11 is 0. The molecule has 0 aliphatic heterocycles. The van der Waals surface area contributed by atoms with Gasteiger partial charge in [0.05, 0.1) is 19.4 Å². The molecule has 0 heterocycles. The number of allylic oxidation sites excluding steroid dienone is 1. The highest BCUT2D eigenvalue weighted by Crippen LogP contribution is 2.38. The van der Waals surface area contributed by atoms with Crippen LogP contribution in [0.4, 0.5) is 0 Å². The van der Waals surface area contributed by atoms with Gasteiger partial charge in [-0.05, 0) is 23.6 Å². The minimum absolute atomic E-state index is 0.339. The highest BCUT2D eigenvalue weighted by atomic mass is 16.5. The molecule has 0 bridgehead atoms. The largest absolute Gasteiger partial charge is 0.505 e. The molecule has 0 saturated heterocycles. The molecule has 2 rings (SSSR count). The summed E-state index contributed by atoms with van der Waals surface area (Å²) in [6.07, 6.45) is 4.96. The topological polar surface area (TPSA) is 33.0 Å². The number of rotatable bonds is 6. The van der Waals surface area contributed by atoms with Crippen molar-refractivity contribution in [2.45, 2.75) is 18.3 Å². The quantitative estimate of drug-likeness (QED) is 0.731. The molecule has 0 atom stereocenters. The molecule has 2 nitrogen and oxygen atoms in total. The van der Waals surface area contributed by atoms with Gasteiger partial charge in [-0.25, -0.2) is 0 Å². The van der Waals surface area contributed by atoms with E-state index in [1.165, 1.54) is 11.1 Å². The molecule has 0 saturated carbocycles. The second-order valence-corrected chi connectivity index (χ2v) is 4.90. The van der Waals surface area contributed by atoms with Crippen molar-refractivity contribution in [2.24, 2.45) is 0 Å². The molecule has 0 radical (unpaired) electrons. The number of nitrogens with zero attached hydrogens (tertiary/aromatic N) is 1. The van der Waals surface area contributed by atoms with Gasteiger partial charge in [0.2, 0.25) is 0 Å². The molecule has 0 aliphatic rings. The molecule has 0 N–H and O–H groups in total. The lowest BCUT2D eigenvalue weighted by Crippen LogP contribution is -2.25. The van der Waals surface area contributed by atoms with Crippen LogP contribution in [0.15, 0.2) is 73.0 Å². The lowest BCUT2D eigenvalue weighted by molar-refractivity contribution is 0.332. The number of hydrogen-bond donors (Lipinski definition) is 0. The van der Waals surface area contributed by atoms with Crippen molar-refractivity contribution in [3.8, 4) is 6.07 Å². The number of nitriles is 1. The Morgan fingerprint density at radius 1 is 1.00 bits per heavy atom. The van der Waals surface area contributed by atoms with Crippen molar-refractivity contribution in [2.75, 3.05) is 7.11 Å². The molecular weight excluding hydrogens is 258 g/mol. The van der Waals surface area contributed by atoms with Crippen molar-refractivity contribution < 1.29 is 4.74 Å². The molecule has 0 aliphatic carbocycles. The Bertz CT molecular complexity index is 572. The van der Waals surface area contributed by atoms with Gasteiger partial charge in [-0.3, -0.25) is 0 Å². The Balaban J connectivity index is 2.59. The van der Waals surface area contributed by atoms with E-state index in [1.54, 1.807) is 13.4 Å². The summed E-state index contributed by atoms with van der Waals surface area (Å²) in [6, 6.07) is 22.8. The second kappa shape index (κ2) is 7.31. The van der Waals surface area contributed by atoms with Crippen LogP contribution in [0.2, 0.25) is 0 Å². The maximum atomic E-state index is 9.04. The molecule has 0 unspecified atom stereocenters. The van der Waals surface area contributed by atoms with Gasteiger partial charge >= 0.3 is 0 Å². The maximum Gasteiger partial charge on any atom is 0.0797 e. The van der Waals surface area contributed by atoms with Crippen molar-refractivity contribution >= 4 is 0 Å². The zero-order valence-electron chi connectivity index (χ0n) is 12.2. The Hall–Kier alpha value is -2.53. The van der Waals surface area contributed by atoms with Crippen molar-refractivity contribution in [3.05, 3.63) is 84.1 Å². The fourth-order valence-electron chi connectivity index (χ4n) is 2.64. The summed E-state index contributed by atoms with van der Waals surface area (Å²) in [5, 5.41) is 9.04. The zero-order chi connectivity index (χ0) is 15.0. The van der Waals surface area contributed by atoms with Crippen LogP contribution in [0.25, 0.3) is 0 Å². The highest BCUT2D eigenvalue weighted by Gasteiger charge is 2.31. The van der Waals surface area contributed by atoms with Crippen LogP contribution >= 0.6 is 0 Å². The minimum Gasteiger partial charge on any atom is -0.505 e. The Kier molecular flexibility index (Phi) is 5.17. The molecule has 0 fully saturated rings. The Labute approximate surface area is 126 Å². The van der Waals surface area contributed by atoms with Crippen LogP contribution < -0.4 is 0 Å². The molecule has 21 heavy (non-hydrogen) atoms. The van der Waals surface area contributed by atoms with Crippen LogP contribution in [0.3, 0.4) is 0 Å². The van der Waals surface area contributed by atoms with Gasteiger partial charge < -0.3 is 4.74 Å². The predicted molar refractivity (Wildman–Crippen MR) is 84.7 cm³/mol. The molecule has 106 valence electrons. The smallest absolute Gasteiger partial charge is 0.0797 e. The number of hydrogen-bond acceptors (Lipinski definition) is 2. The standard InChI is InChI=1S/C19H19NO/c1-21-16-14-19(13-8-15-20,17-9-4-2-5-10-17)18-11-6-3-7-12-18/h2-7,9-12,14,16H,8,13H2,1H3/b16-14+. The van der Waals surface area contributed by atoms with Crippen molar-refractivity contribution in [3.63, 3.8) is 0 Å². The third-order valence-corrected chi connectivity index (χ3v) is 3.70. The van der Waals surface area contributed by atoms with Crippen LogP contribution in [0, 0.1) is 11.3 Å². The molecular formula is C19H19NO. The van der Waals surface area contributed by atoms with Crippen LogP contribution in [-0.4, -0.2) is 7.11 Å². The Morgan fingerprint density at radius 2 is 1.52 bits per heavy atom. The van der Waals surface area contributed by atoms with Crippen LogP contribution in [0.5, 0.6) is 0 Å². The van der Waals surface area contributed by atoms with E-state index in [4.69, 9.17) is 10.00 Å². The van der Waals surface area contributed by atoms with Gasteiger partial charge in [0.25, 0.3) is 0 Å². The first-order chi connectivity index (χ1) is 10.3. The average molecular weight is 277 g/mol. The number of methoxy groups -OCH3 is 1. The van der Waals surface area contributed by atoms with Crippen molar-refractivity contribution in [1.29, 1.82) is 5.26 Å². The van der Waals surface area contributed by atoms with Gasteiger partial charge in [-0.15, -0.1) is 0 Å². The van der Waals surface area contributed by atoms with Crippen LogP contribution in [-0.2, 0) is 10.2 Å². The van der Waals surface area contributed by atoms with E-state index in [0.717, 1.165) is 6.42 Å². The van der Waals surface area contributed by atoms with Gasteiger partial charge in [0.15, 0.2) is 0 Å². The van der Waals surface area contributed by atoms with Gasteiger partial charge in [0, 0.05) is 11.8 Å². The van der Waals surface area contributed by atoms with E-state index in [9.17, 15) is 0 Å². The summed E-state index contributed by atoms with van der Waals surface area (Å²) in [4.78, 5) is 0. The lowest BCUT2D eigenvalue weighted by Gasteiger charge is -2.31. The summed E-state index contributed by atoms with van der Waals surface area (Å²) < 4.78 is 5.16. The van der Waals surface area contributed by atoms with E-state index < -0.39 is 0 Å². The van der Waals surface area contributed by atoms with Crippen LogP contribution in [0.1, 0.15) is 24.0 Å². The van der Waals surface area contributed by atoms with Gasteiger partial charge in [-0.2, -0.15) is 5.26 Å². The lowest BCUT2D eigenvalue weighted by atomic mass is 9.71. The minimum atomic E-state index is -0.339. The fourth-order valence-corrected chi connectivity index (χ4v) is 2.64. The number of benzene rings is 2. The third kappa shape index (κ3) is 3.32. The normalized spacial score (nSPS) is 11.2. The molecule has 0 amide bonds. The average Bonchev–Trinajstić information content (AvgIpc) is 2.57. The zero-order valence-corrected chi connectivity index (χ0v) is 12.2. The predicted octanol–water partition coefficient (Wildman–Crippen LogP) is 4.44. The van der Waals surface area contributed by atoms with Gasteiger partial charge in [-0.1, -0.05) is 60.7 Å². The van der Waals surface area contributed by atoms with E-state index >= 15 is 0 Å². The molecule has 0 aromatic heterocycles. The first-order valence-corrected chi connectivity index (χ1v) is 7.02. The molecule has 2 aromatic carbocycles. The van der Waals surface area contributed by atoms with Crippen molar-refractivity contribution in [1.82, 2.24) is 0 Å². The first-order valence-electron chi connectivity index (χ1n) is 7.02. The Morgan fingerprint density at radius 3 is 1.95 bits per heavy atom. The first kappa shape index (κ1) is 14.9. The maximum absolute atomic E-state index is 9.04. The monoisotopic (exact) mass is 277 g/mol. The van der Waals surface area contributed by atoms with Gasteiger partial charge in [0.1, 0.15) is 0 Å². The number of ether oxygens (including phenoxy) is 1. The second-order valence-electron chi connectivity index (χ2n) is 4.90. The molecule has 0 spiro atoms. The highest BCUT2D eigenvalue weighted by molar-refractivity contribution is 5.44. The summed E-state index contributed by atoms with van der Waals surface area (Å²) in [7, 11) is 1.64. The van der Waals surface area contributed by atoms with E-state index in [1.807, 2.05) is 36.4 Å². The summed E-state index contributed by atoms with van der Waals surface area (Å²) in [5.41, 5.74) is 1.99. The van der Waals surface area contributed by atoms with E-state index in [0.29, 0.717) is 6.42 Å². The summed E-state index contributed by atoms with van der Waals surface area (Å²) in [5.74, 6) is 0. The summed E-state index contributed by atoms with van der Waals surface area (Å²) in [6.45, 7) is 0. The van der Waals surface area contributed by atoms with E-state index in [2.05, 4.69) is 36.4 Å². The molecule has 2 aromatic rings. The SMILES string of the molecule is CO/C=C/C(CCC#N)(c1ccccc1)c1ccccc1. The molecule has 2 heteroatoms. The van der Waals surface area contributed by atoms with E-state index in [-0.39, 0.29) is 5.41 Å².